The van der Waals surface area contributed by atoms with Gasteiger partial charge in [-0.3, -0.25) is 0 Å². The van der Waals surface area contributed by atoms with Crippen LogP contribution in [0.3, 0.4) is 0 Å². The number of hydrogen-bond acceptors (Lipinski definition) is 5. The standard InChI is InChI=1S/C11H14N3O.C7H6O2.Na/c15-10-9-13-5-7-14(8-6-13)11-1-3-12-4-2-11;8-7(9)6-4-2-1-3-5-6;/h1-4H,5-9H2;1-5H,(H,8,9);. The van der Waals surface area contributed by atoms with Crippen molar-refractivity contribution in [3.8, 4) is 0 Å². The van der Waals surface area contributed by atoms with Crippen LogP contribution in [0, 0.1) is 0 Å². The van der Waals surface area contributed by atoms with E-state index in [2.05, 4.69) is 14.8 Å². The summed E-state index contributed by atoms with van der Waals surface area (Å²) in [6, 6.07) is 12.4. The Morgan fingerprint density at radius 1 is 1.00 bits per heavy atom. The Balaban J connectivity index is 0.000000212. The molecule has 0 amide bonds. The van der Waals surface area contributed by atoms with E-state index in [9.17, 15) is 9.59 Å². The topological polar surface area (TPSA) is 73.7 Å². The SMILES string of the molecule is O=C(O)c1ccccc1.O=[C]([Na])CN1CCN(c2ccncc2)CC1. The van der Waals surface area contributed by atoms with Gasteiger partial charge in [0.05, 0.1) is 5.56 Å². The summed E-state index contributed by atoms with van der Waals surface area (Å²) >= 11 is 0.671. The van der Waals surface area contributed by atoms with Crippen LogP contribution in [0.5, 0.6) is 0 Å². The van der Waals surface area contributed by atoms with Crippen LogP contribution in [0.15, 0.2) is 54.9 Å². The summed E-state index contributed by atoms with van der Waals surface area (Å²) in [5.74, 6) is -0.879. The number of nitrogens with zero attached hydrogens (tertiary/aromatic N) is 3. The second-order valence-electron chi connectivity index (χ2n) is 5.84. The molecule has 3 rings (SSSR count). The second kappa shape index (κ2) is 10.3. The summed E-state index contributed by atoms with van der Waals surface area (Å²) in [6.45, 7) is 4.61. The van der Waals surface area contributed by atoms with Gasteiger partial charge in [-0.1, -0.05) is 18.2 Å². The fourth-order valence-electron chi connectivity index (χ4n) is 2.61. The van der Waals surface area contributed by atoms with E-state index in [1.165, 1.54) is 5.69 Å². The molecular formula is C18H20N3NaO3. The van der Waals surface area contributed by atoms with Crippen molar-refractivity contribution in [2.24, 2.45) is 0 Å². The maximum absolute atomic E-state index is 11.1. The minimum atomic E-state index is -0.879. The first-order valence-corrected chi connectivity index (χ1v) is 9.21. The Bertz CT molecular complexity index is 674. The number of carboxylic acids is 1. The van der Waals surface area contributed by atoms with Crippen LogP contribution in [0.4, 0.5) is 5.69 Å². The molecule has 25 heavy (non-hydrogen) atoms. The normalized spacial score (nSPS) is 14.4. The molecule has 0 aliphatic carbocycles. The monoisotopic (exact) mass is 349 g/mol. The number of carbonyl (C=O) groups excluding carboxylic acids is 1. The molecule has 0 bridgehead atoms. The third kappa shape index (κ3) is 6.96. The molecule has 1 aromatic heterocycles. The van der Waals surface area contributed by atoms with Gasteiger partial charge in [-0.25, -0.2) is 4.79 Å². The third-order valence-corrected chi connectivity index (χ3v) is 4.18. The fourth-order valence-corrected chi connectivity index (χ4v) is 3.06. The predicted molar refractivity (Wildman–Crippen MR) is 97.1 cm³/mol. The number of carbonyl (C=O) groups is 2. The van der Waals surface area contributed by atoms with Crippen molar-refractivity contribution in [2.45, 2.75) is 0 Å². The van der Waals surface area contributed by atoms with Gasteiger partial charge in [0, 0.05) is 0 Å². The van der Waals surface area contributed by atoms with E-state index < -0.39 is 5.97 Å². The average Bonchev–Trinajstić information content (AvgIpc) is 2.64. The zero-order chi connectivity index (χ0) is 18.1. The molecule has 0 atom stereocenters. The molecule has 1 aliphatic heterocycles. The van der Waals surface area contributed by atoms with Crippen LogP contribution >= 0.6 is 0 Å². The molecule has 126 valence electrons. The van der Waals surface area contributed by atoms with E-state index in [0.717, 1.165) is 26.2 Å². The molecule has 1 aliphatic rings. The van der Waals surface area contributed by atoms with Crippen molar-refractivity contribution in [3.63, 3.8) is 0 Å². The van der Waals surface area contributed by atoms with Crippen molar-refractivity contribution in [3.05, 3.63) is 60.4 Å². The Morgan fingerprint density at radius 2 is 1.60 bits per heavy atom. The van der Waals surface area contributed by atoms with Crippen molar-refractivity contribution in [1.82, 2.24) is 9.88 Å². The van der Waals surface area contributed by atoms with Gasteiger partial charge >= 0.3 is 119 Å². The summed E-state index contributed by atoms with van der Waals surface area (Å²) in [5.41, 5.74) is 1.56. The van der Waals surface area contributed by atoms with Crippen molar-refractivity contribution < 1.29 is 14.7 Å². The number of rotatable bonds is 4. The molecule has 1 saturated heterocycles. The Labute approximate surface area is 164 Å². The predicted octanol–water partition coefficient (Wildman–Crippen LogP) is 1.28. The molecule has 7 heteroatoms. The average molecular weight is 349 g/mol. The number of aromatic nitrogens is 1. The Kier molecular flexibility index (Phi) is 8.08. The van der Waals surface area contributed by atoms with Gasteiger partial charge in [0.2, 0.25) is 0 Å². The summed E-state index contributed by atoms with van der Waals surface area (Å²) < 4.78 is 0.386. The molecule has 2 heterocycles. The van der Waals surface area contributed by atoms with Crippen LogP contribution < -0.4 is 4.90 Å². The first-order chi connectivity index (χ1) is 12.1. The van der Waals surface area contributed by atoms with Gasteiger partial charge < -0.3 is 5.11 Å². The molecule has 0 saturated carbocycles. The first-order valence-electron chi connectivity index (χ1n) is 8.21. The summed E-state index contributed by atoms with van der Waals surface area (Å²) in [7, 11) is 0. The van der Waals surface area contributed by atoms with E-state index in [1.807, 2.05) is 24.5 Å². The number of aromatic carboxylic acids is 1. The van der Waals surface area contributed by atoms with E-state index in [4.69, 9.17) is 5.11 Å². The van der Waals surface area contributed by atoms with Gasteiger partial charge in [0.25, 0.3) is 0 Å². The molecule has 6 nitrogen and oxygen atoms in total. The summed E-state index contributed by atoms with van der Waals surface area (Å²) in [4.78, 5) is 29.9. The molecule has 1 fully saturated rings. The Hall–Kier alpha value is -1.73. The van der Waals surface area contributed by atoms with Crippen LogP contribution in [0.1, 0.15) is 10.4 Å². The zero-order valence-electron chi connectivity index (χ0n) is 14.3. The molecule has 2 aromatic rings. The van der Waals surface area contributed by atoms with E-state index in [1.54, 1.807) is 30.3 Å². The van der Waals surface area contributed by atoms with Crippen LogP contribution in [-0.4, -0.2) is 84.6 Å². The summed E-state index contributed by atoms with van der Waals surface area (Å²) in [6.07, 6.45) is 3.64. The second-order valence-corrected chi connectivity index (χ2v) is 6.96. The molecule has 0 spiro atoms. The molecule has 1 N–H and O–H groups in total. The number of anilines is 1. The third-order valence-electron chi connectivity index (χ3n) is 3.87. The fraction of sp³-hybridized carbons (Fsp3) is 0.278. The van der Waals surface area contributed by atoms with E-state index in [0.29, 0.717) is 43.1 Å². The maximum atomic E-state index is 11.1. The van der Waals surface area contributed by atoms with Gasteiger partial charge in [0.1, 0.15) is 0 Å². The van der Waals surface area contributed by atoms with E-state index in [-0.39, 0.29) is 0 Å². The number of pyridine rings is 1. The number of piperazine rings is 1. The van der Waals surface area contributed by atoms with E-state index >= 15 is 0 Å². The van der Waals surface area contributed by atoms with Crippen LogP contribution in [0.2, 0.25) is 0 Å². The number of carboxylic acid groups (broad SMARTS) is 1. The number of benzene rings is 1. The van der Waals surface area contributed by atoms with Gasteiger partial charge in [0.15, 0.2) is 0 Å². The van der Waals surface area contributed by atoms with Crippen molar-refractivity contribution in [1.29, 1.82) is 0 Å². The van der Waals surface area contributed by atoms with Crippen LogP contribution in [-0.2, 0) is 4.79 Å². The molecule has 0 unspecified atom stereocenters. The van der Waals surface area contributed by atoms with Crippen LogP contribution in [0.25, 0.3) is 0 Å². The first kappa shape index (κ1) is 19.6. The van der Waals surface area contributed by atoms with Crippen molar-refractivity contribution >= 4 is 42.6 Å². The number of hydrogen-bond donors (Lipinski definition) is 1. The molecular weight excluding hydrogens is 329 g/mol. The summed E-state index contributed by atoms with van der Waals surface area (Å²) in [5, 5.41) is 8.38. The zero-order valence-corrected chi connectivity index (χ0v) is 16.3. The molecule has 0 radical (unpaired) electrons. The van der Waals surface area contributed by atoms with Gasteiger partial charge in [-0.05, 0) is 12.1 Å². The quantitative estimate of drug-likeness (QED) is 0.839. The minimum absolute atomic E-state index is 0.331. The Morgan fingerprint density at radius 3 is 2.08 bits per heavy atom. The molecule has 1 aromatic carbocycles. The van der Waals surface area contributed by atoms with Crippen molar-refractivity contribution in [2.75, 3.05) is 37.6 Å². The van der Waals surface area contributed by atoms with Gasteiger partial charge in [-0.2, -0.15) is 0 Å². The van der Waals surface area contributed by atoms with Gasteiger partial charge in [-0.15, -0.1) is 0 Å².